The number of hydrogen-bond acceptors (Lipinski definition) is 6. The fraction of sp³-hybridized carbons (Fsp3) is 0.269. The molecule has 3 heterocycles. The molecule has 1 atom stereocenters. The van der Waals surface area contributed by atoms with Gasteiger partial charge in [0.15, 0.2) is 17.1 Å². The summed E-state index contributed by atoms with van der Waals surface area (Å²) >= 11 is 6.21. The van der Waals surface area contributed by atoms with Crippen molar-refractivity contribution in [3.8, 4) is 28.4 Å². The molecule has 0 bridgehead atoms. The standard InChI is InChI=1S/C26H22ClFN2O4/c1-25(11-31-12-25)13-32-23-9-19-22(10-20(23)28)34-21-6-5-16(15-3-2-4-17(27)7-15)8-18(21)26(19)14-33-24(29)30-26/h2-10H,11-14H2,1H3,(H2,29,30)/t26-/m0/s1. The highest BCUT2D eigenvalue weighted by Crippen LogP contribution is 2.53. The second-order valence-electron chi connectivity index (χ2n) is 9.29. The molecule has 0 radical (unpaired) electrons. The fourth-order valence-electron chi connectivity index (χ4n) is 4.60. The molecule has 0 aromatic heterocycles. The maximum absolute atomic E-state index is 15.0. The summed E-state index contributed by atoms with van der Waals surface area (Å²) in [7, 11) is 0. The van der Waals surface area contributed by atoms with E-state index in [2.05, 4.69) is 4.99 Å². The lowest BCUT2D eigenvalue weighted by atomic mass is 9.80. The van der Waals surface area contributed by atoms with Gasteiger partial charge in [-0.3, -0.25) is 0 Å². The monoisotopic (exact) mass is 480 g/mol. The molecule has 0 unspecified atom stereocenters. The summed E-state index contributed by atoms with van der Waals surface area (Å²) < 4.78 is 37.9. The van der Waals surface area contributed by atoms with E-state index in [1.807, 2.05) is 49.4 Å². The van der Waals surface area contributed by atoms with Gasteiger partial charge in [-0.05, 0) is 41.5 Å². The Labute approximate surface area is 201 Å². The molecular weight excluding hydrogens is 459 g/mol. The van der Waals surface area contributed by atoms with Crippen molar-refractivity contribution in [1.29, 1.82) is 0 Å². The number of fused-ring (bicyclic) bond motifs is 4. The highest BCUT2D eigenvalue weighted by molar-refractivity contribution is 6.30. The molecule has 6 rings (SSSR count). The Balaban J connectivity index is 1.46. The molecule has 3 aliphatic rings. The summed E-state index contributed by atoms with van der Waals surface area (Å²) in [6.45, 7) is 3.72. The smallest absolute Gasteiger partial charge is 0.283 e. The van der Waals surface area contributed by atoms with E-state index in [1.165, 1.54) is 6.07 Å². The zero-order valence-corrected chi connectivity index (χ0v) is 19.2. The number of rotatable bonds is 4. The topological polar surface area (TPSA) is 75.3 Å². The lowest BCUT2D eigenvalue weighted by Gasteiger charge is -2.38. The van der Waals surface area contributed by atoms with Crippen LogP contribution in [-0.2, 0) is 15.0 Å². The van der Waals surface area contributed by atoms with Gasteiger partial charge in [-0.2, -0.15) is 0 Å². The molecule has 3 aromatic carbocycles. The molecule has 0 aliphatic carbocycles. The number of nitrogens with zero attached hydrogens (tertiary/aromatic N) is 1. The fourth-order valence-corrected chi connectivity index (χ4v) is 4.79. The molecular formula is C26H22ClFN2O4. The number of amidine groups is 1. The summed E-state index contributed by atoms with van der Waals surface area (Å²) in [6, 6.07) is 16.4. The molecule has 1 spiro atoms. The molecule has 1 saturated heterocycles. The van der Waals surface area contributed by atoms with Crippen molar-refractivity contribution < 1.29 is 23.3 Å². The maximum atomic E-state index is 15.0. The van der Waals surface area contributed by atoms with Gasteiger partial charge in [0.25, 0.3) is 6.02 Å². The number of hydrogen-bond donors (Lipinski definition) is 1. The van der Waals surface area contributed by atoms with Crippen molar-refractivity contribution >= 4 is 17.6 Å². The molecule has 0 amide bonds. The molecule has 34 heavy (non-hydrogen) atoms. The third-order valence-corrected chi connectivity index (χ3v) is 6.72. The van der Waals surface area contributed by atoms with E-state index < -0.39 is 11.4 Å². The highest BCUT2D eigenvalue weighted by atomic mass is 35.5. The summed E-state index contributed by atoms with van der Waals surface area (Å²) in [5, 5.41) is 0.640. The van der Waals surface area contributed by atoms with Gasteiger partial charge in [-0.25, -0.2) is 9.38 Å². The summed E-state index contributed by atoms with van der Waals surface area (Å²) in [4.78, 5) is 4.69. The second-order valence-corrected chi connectivity index (χ2v) is 9.73. The first-order valence-corrected chi connectivity index (χ1v) is 11.3. The van der Waals surface area contributed by atoms with Crippen LogP contribution in [0.15, 0.2) is 59.6 Å². The summed E-state index contributed by atoms with van der Waals surface area (Å²) in [5.41, 5.74) is 8.16. The third kappa shape index (κ3) is 3.38. The van der Waals surface area contributed by atoms with E-state index in [4.69, 9.17) is 36.3 Å². The van der Waals surface area contributed by atoms with Crippen molar-refractivity contribution in [3.05, 3.63) is 76.6 Å². The predicted octanol–water partition coefficient (Wildman–Crippen LogP) is 5.26. The normalized spacial score (nSPS) is 21.6. The van der Waals surface area contributed by atoms with Crippen LogP contribution in [0.4, 0.5) is 4.39 Å². The van der Waals surface area contributed by atoms with Crippen LogP contribution in [0.3, 0.4) is 0 Å². The van der Waals surface area contributed by atoms with Gasteiger partial charge >= 0.3 is 0 Å². The summed E-state index contributed by atoms with van der Waals surface area (Å²) in [5.74, 6) is 0.540. The first-order valence-electron chi connectivity index (χ1n) is 11.0. The Morgan fingerprint density at radius 2 is 1.82 bits per heavy atom. The largest absolute Gasteiger partial charge is 0.490 e. The lowest BCUT2D eigenvalue weighted by molar-refractivity contribution is -0.120. The Kier molecular flexibility index (Phi) is 4.76. The van der Waals surface area contributed by atoms with Crippen LogP contribution in [0.1, 0.15) is 18.1 Å². The summed E-state index contributed by atoms with van der Waals surface area (Å²) in [6.07, 6.45) is 0. The van der Waals surface area contributed by atoms with E-state index in [9.17, 15) is 4.39 Å². The van der Waals surface area contributed by atoms with Crippen LogP contribution >= 0.6 is 11.6 Å². The predicted molar refractivity (Wildman–Crippen MR) is 126 cm³/mol. The lowest BCUT2D eigenvalue weighted by Crippen LogP contribution is -2.44. The zero-order valence-electron chi connectivity index (χ0n) is 18.4. The number of ether oxygens (including phenoxy) is 4. The van der Waals surface area contributed by atoms with Crippen LogP contribution in [0.2, 0.25) is 5.02 Å². The minimum absolute atomic E-state index is 0.0675. The number of aliphatic imine (C=N–C) groups is 1. The van der Waals surface area contributed by atoms with Crippen LogP contribution in [0, 0.1) is 11.2 Å². The second kappa shape index (κ2) is 7.61. The van der Waals surface area contributed by atoms with Crippen molar-refractivity contribution in [2.24, 2.45) is 16.1 Å². The van der Waals surface area contributed by atoms with E-state index >= 15 is 0 Å². The van der Waals surface area contributed by atoms with Crippen LogP contribution in [0.5, 0.6) is 17.2 Å². The minimum Gasteiger partial charge on any atom is -0.490 e. The van der Waals surface area contributed by atoms with E-state index in [-0.39, 0.29) is 23.8 Å². The van der Waals surface area contributed by atoms with Gasteiger partial charge in [0.1, 0.15) is 18.1 Å². The van der Waals surface area contributed by atoms with Crippen molar-refractivity contribution in [2.75, 3.05) is 26.4 Å². The molecule has 3 aliphatic heterocycles. The quantitative estimate of drug-likeness (QED) is 0.551. The van der Waals surface area contributed by atoms with Gasteiger partial charge in [0.05, 0.1) is 19.8 Å². The third-order valence-electron chi connectivity index (χ3n) is 6.49. The molecule has 8 heteroatoms. The Morgan fingerprint density at radius 3 is 2.53 bits per heavy atom. The highest BCUT2D eigenvalue weighted by Gasteiger charge is 2.48. The van der Waals surface area contributed by atoms with Gasteiger partial charge in [-0.15, -0.1) is 0 Å². The number of nitrogens with two attached hydrogens (primary N) is 1. The first-order chi connectivity index (χ1) is 16.4. The van der Waals surface area contributed by atoms with Gasteiger partial charge < -0.3 is 24.7 Å². The Hall–Kier alpha value is -3.29. The molecule has 1 fully saturated rings. The molecule has 174 valence electrons. The molecule has 6 nitrogen and oxygen atoms in total. The average molecular weight is 481 g/mol. The van der Waals surface area contributed by atoms with E-state index in [1.54, 1.807) is 6.07 Å². The Morgan fingerprint density at radius 1 is 1.03 bits per heavy atom. The van der Waals surface area contributed by atoms with Gasteiger partial charge in [-0.1, -0.05) is 36.7 Å². The number of benzene rings is 3. The van der Waals surface area contributed by atoms with E-state index in [0.717, 1.165) is 16.7 Å². The molecule has 3 aromatic rings. The van der Waals surface area contributed by atoms with Crippen molar-refractivity contribution in [3.63, 3.8) is 0 Å². The van der Waals surface area contributed by atoms with Crippen LogP contribution in [-0.4, -0.2) is 32.4 Å². The zero-order chi connectivity index (χ0) is 23.5. The molecule has 0 saturated carbocycles. The Bertz CT molecular complexity index is 1340. The van der Waals surface area contributed by atoms with Gasteiger partial charge in [0, 0.05) is 27.6 Å². The number of halogens is 2. The SMILES string of the molecule is CC1(COc2cc3c(cc2F)Oc2ccc(-c4cccc(Cl)c4)cc2[C@@]32COC(N)=N2)COC1. The van der Waals surface area contributed by atoms with Crippen molar-refractivity contribution in [1.82, 2.24) is 0 Å². The van der Waals surface area contributed by atoms with E-state index in [0.29, 0.717) is 41.9 Å². The minimum atomic E-state index is -0.989. The van der Waals surface area contributed by atoms with Gasteiger partial charge in [0.2, 0.25) is 0 Å². The maximum Gasteiger partial charge on any atom is 0.283 e. The van der Waals surface area contributed by atoms with Crippen molar-refractivity contribution in [2.45, 2.75) is 12.5 Å². The van der Waals surface area contributed by atoms with Crippen LogP contribution < -0.4 is 15.2 Å². The van der Waals surface area contributed by atoms with Crippen LogP contribution in [0.25, 0.3) is 11.1 Å². The first kappa shape index (κ1) is 21.3. The average Bonchev–Trinajstić information content (AvgIpc) is 3.19. The molecule has 2 N–H and O–H groups in total.